The van der Waals surface area contributed by atoms with Crippen LogP contribution in [-0.4, -0.2) is 29.3 Å². The van der Waals surface area contributed by atoms with Gasteiger partial charge in [0.25, 0.3) is 9.05 Å². The van der Waals surface area contributed by atoms with Gasteiger partial charge in [-0.3, -0.25) is 4.68 Å². The number of carboxylic acids is 1. The molecule has 1 aromatic heterocycles. The maximum atomic E-state index is 11.0. The van der Waals surface area contributed by atoms with E-state index >= 15 is 0 Å². The Hall–Kier alpha value is -1.08. The van der Waals surface area contributed by atoms with Crippen LogP contribution in [0.5, 0.6) is 0 Å². The molecule has 0 spiro atoms. The van der Waals surface area contributed by atoms with Crippen molar-refractivity contribution >= 4 is 25.7 Å². The Balaban J connectivity index is 3.63. The van der Waals surface area contributed by atoms with E-state index in [0.717, 1.165) is 4.68 Å². The second-order valence-corrected chi connectivity index (χ2v) is 5.13. The van der Waals surface area contributed by atoms with Gasteiger partial charge < -0.3 is 5.11 Å². The van der Waals surface area contributed by atoms with Gasteiger partial charge in [-0.25, -0.2) is 13.2 Å². The molecule has 0 saturated heterocycles. The molecule has 0 aliphatic rings. The molecule has 0 radical (unpaired) electrons. The molecule has 0 aliphatic carbocycles. The van der Waals surface area contributed by atoms with Crippen LogP contribution in [0, 0.1) is 6.92 Å². The number of halogens is 1. The van der Waals surface area contributed by atoms with E-state index in [0.29, 0.717) is 0 Å². The first-order chi connectivity index (χ1) is 6.25. The van der Waals surface area contributed by atoms with Gasteiger partial charge in [-0.1, -0.05) is 0 Å². The maximum Gasteiger partial charge on any atom is 0.357 e. The summed E-state index contributed by atoms with van der Waals surface area (Å²) in [7, 11) is 2.44. The maximum absolute atomic E-state index is 11.0. The third-order valence-electron chi connectivity index (χ3n) is 1.73. The van der Waals surface area contributed by atoms with Crippen molar-refractivity contribution in [3.8, 4) is 0 Å². The van der Waals surface area contributed by atoms with Gasteiger partial charge >= 0.3 is 5.97 Å². The Morgan fingerprint density at radius 2 is 2.07 bits per heavy atom. The third-order valence-corrected chi connectivity index (χ3v) is 3.16. The zero-order valence-corrected chi connectivity index (χ0v) is 8.93. The number of nitrogens with zero attached hydrogens (tertiary/aromatic N) is 2. The van der Waals surface area contributed by atoms with Crippen molar-refractivity contribution in [2.24, 2.45) is 7.05 Å². The number of hydrogen-bond donors (Lipinski definition) is 1. The lowest BCUT2D eigenvalue weighted by Crippen LogP contribution is -2.04. The van der Waals surface area contributed by atoms with Gasteiger partial charge in [-0.15, -0.1) is 0 Å². The highest BCUT2D eigenvalue weighted by atomic mass is 35.7. The predicted octanol–water partition coefficient (Wildman–Crippen LogP) is 0.354. The normalized spacial score (nSPS) is 11.6. The first-order valence-corrected chi connectivity index (χ1v) is 5.77. The van der Waals surface area contributed by atoms with Gasteiger partial charge in [-0.05, 0) is 6.92 Å². The molecule has 0 saturated carbocycles. The number of aromatic carboxylic acids is 1. The molecule has 6 nitrogen and oxygen atoms in total. The second kappa shape index (κ2) is 3.25. The zero-order chi connectivity index (χ0) is 11.1. The van der Waals surface area contributed by atoms with Gasteiger partial charge in [0.1, 0.15) is 4.90 Å². The number of aryl methyl sites for hydroxylation is 1. The lowest BCUT2D eigenvalue weighted by Gasteiger charge is -1.95. The van der Waals surface area contributed by atoms with E-state index in [1.54, 1.807) is 0 Å². The summed E-state index contributed by atoms with van der Waals surface area (Å²) < 4.78 is 23.2. The average Bonchev–Trinajstić information content (AvgIpc) is 2.27. The summed E-state index contributed by atoms with van der Waals surface area (Å²) >= 11 is 0. The van der Waals surface area contributed by atoms with E-state index < -0.39 is 25.6 Å². The van der Waals surface area contributed by atoms with Crippen LogP contribution in [-0.2, 0) is 16.1 Å². The fourth-order valence-corrected chi connectivity index (χ4v) is 2.42. The second-order valence-electron chi connectivity index (χ2n) is 2.63. The van der Waals surface area contributed by atoms with Crippen LogP contribution >= 0.6 is 10.7 Å². The molecule has 0 bridgehead atoms. The largest absolute Gasteiger partial charge is 0.476 e. The number of carbonyl (C=O) groups is 1. The highest BCUT2D eigenvalue weighted by molar-refractivity contribution is 8.13. The SMILES string of the molecule is Cc1c(S(=O)(=O)Cl)c(C(=O)O)nn1C. The van der Waals surface area contributed by atoms with Crippen LogP contribution in [0.2, 0.25) is 0 Å². The monoisotopic (exact) mass is 238 g/mol. The van der Waals surface area contributed by atoms with E-state index in [1.807, 2.05) is 0 Å². The van der Waals surface area contributed by atoms with Crippen molar-refractivity contribution in [1.82, 2.24) is 9.78 Å². The molecule has 78 valence electrons. The molecule has 8 heteroatoms. The van der Waals surface area contributed by atoms with E-state index in [-0.39, 0.29) is 5.69 Å². The van der Waals surface area contributed by atoms with Crippen molar-refractivity contribution in [3.63, 3.8) is 0 Å². The number of rotatable bonds is 2. The number of carboxylic acid groups (broad SMARTS) is 1. The summed E-state index contributed by atoms with van der Waals surface area (Å²) in [5.74, 6) is -1.42. The molecule has 1 aromatic rings. The van der Waals surface area contributed by atoms with Crippen molar-refractivity contribution in [2.75, 3.05) is 0 Å². The first kappa shape index (κ1) is 11.0. The van der Waals surface area contributed by atoms with Gasteiger partial charge in [0.15, 0.2) is 5.69 Å². The summed E-state index contributed by atoms with van der Waals surface area (Å²) in [6.07, 6.45) is 0. The van der Waals surface area contributed by atoms with E-state index in [1.165, 1.54) is 14.0 Å². The fourth-order valence-electron chi connectivity index (χ4n) is 1.02. The van der Waals surface area contributed by atoms with Crippen molar-refractivity contribution in [1.29, 1.82) is 0 Å². The molecule has 14 heavy (non-hydrogen) atoms. The Morgan fingerprint density at radius 3 is 2.36 bits per heavy atom. The Labute approximate surface area is 84.5 Å². The van der Waals surface area contributed by atoms with Crippen molar-refractivity contribution in [3.05, 3.63) is 11.4 Å². The highest BCUT2D eigenvalue weighted by Gasteiger charge is 2.27. The van der Waals surface area contributed by atoms with Crippen LogP contribution < -0.4 is 0 Å². The lowest BCUT2D eigenvalue weighted by atomic mass is 10.4. The minimum Gasteiger partial charge on any atom is -0.476 e. The molecule has 0 amide bonds. The Morgan fingerprint density at radius 1 is 1.57 bits per heavy atom. The minimum atomic E-state index is -4.08. The predicted molar refractivity (Wildman–Crippen MR) is 47.9 cm³/mol. The minimum absolute atomic E-state index is 0.192. The molecular weight excluding hydrogens is 232 g/mol. The molecule has 1 rings (SSSR count). The van der Waals surface area contributed by atoms with Gasteiger partial charge in [-0.2, -0.15) is 5.10 Å². The van der Waals surface area contributed by atoms with Crippen molar-refractivity contribution in [2.45, 2.75) is 11.8 Å². The summed E-state index contributed by atoms with van der Waals surface area (Å²) in [4.78, 5) is 10.2. The molecule has 1 heterocycles. The van der Waals surface area contributed by atoms with Crippen LogP contribution in [0.15, 0.2) is 4.90 Å². The summed E-state index contributed by atoms with van der Waals surface area (Å²) in [6, 6.07) is 0. The van der Waals surface area contributed by atoms with Gasteiger partial charge in [0.05, 0.1) is 5.69 Å². The molecular formula is C6H7ClN2O4S. The summed E-state index contributed by atoms with van der Waals surface area (Å²) in [6.45, 7) is 1.43. The van der Waals surface area contributed by atoms with E-state index in [9.17, 15) is 13.2 Å². The van der Waals surface area contributed by atoms with E-state index in [2.05, 4.69) is 5.10 Å². The molecule has 0 aliphatic heterocycles. The van der Waals surface area contributed by atoms with Crippen LogP contribution in [0.3, 0.4) is 0 Å². The average molecular weight is 239 g/mol. The van der Waals surface area contributed by atoms with Crippen LogP contribution in [0.1, 0.15) is 16.2 Å². The zero-order valence-electron chi connectivity index (χ0n) is 7.35. The first-order valence-electron chi connectivity index (χ1n) is 3.46. The number of hydrogen-bond acceptors (Lipinski definition) is 4. The Bertz CT molecular complexity index is 490. The topological polar surface area (TPSA) is 89.3 Å². The molecule has 1 N–H and O–H groups in total. The van der Waals surface area contributed by atoms with Crippen LogP contribution in [0.4, 0.5) is 0 Å². The van der Waals surface area contributed by atoms with Crippen LogP contribution in [0.25, 0.3) is 0 Å². The summed E-state index contributed by atoms with van der Waals surface area (Å²) in [5, 5.41) is 12.2. The lowest BCUT2D eigenvalue weighted by molar-refractivity contribution is 0.0685. The fraction of sp³-hybridized carbons (Fsp3) is 0.333. The Kier molecular flexibility index (Phi) is 2.55. The van der Waals surface area contributed by atoms with Crippen molar-refractivity contribution < 1.29 is 18.3 Å². The van der Waals surface area contributed by atoms with Gasteiger partial charge in [0, 0.05) is 17.7 Å². The van der Waals surface area contributed by atoms with E-state index in [4.69, 9.17) is 15.8 Å². The summed E-state index contributed by atoms with van der Waals surface area (Å²) in [5.41, 5.74) is -0.364. The molecule has 0 fully saturated rings. The van der Waals surface area contributed by atoms with Gasteiger partial charge in [0.2, 0.25) is 0 Å². The molecule has 0 aromatic carbocycles. The quantitative estimate of drug-likeness (QED) is 0.751. The third kappa shape index (κ3) is 1.73. The highest BCUT2D eigenvalue weighted by Crippen LogP contribution is 2.22. The smallest absolute Gasteiger partial charge is 0.357 e. The standard InChI is InChI=1S/C6H7ClN2O4S/c1-3-5(14(7,12)13)4(6(10)11)8-9(3)2/h1-2H3,(H,10,11). The molecule has 0 unspecified atom stereocenters. The molecule has 0 atom stereocenters. The number of aromatic nitrogens is 2.